The molecule has 0 fully saturated rings. The van der Waals surface area contributed by atoms with Crippen molar-refractivity contribution in [2.24, 2.45) is 0 Å². The SMILES string of the molecule is CCOC(=O)CN(c1ccc(Cl)nn1)C(C)C. The molecule has 0 amide bonds. The lowest BCUT2D eigenvalue weighted by Crippen LogP contribution is -2.37. The fourth-order valence-corrected chi connectivity index (χ4v) is 1.44. The Bertz CT molecular complexity index is 367. The summed E-state index contributed by atoms with van der Waals surface area (Å²) in [6.07, 6.45) is 0. The molecule has 0 bridgehead atoms. The highest BCUT2D eigenvalue weighted by Gasteiger charge is 2.16. The molecule has 5 nitrogen and oxygen atoms in total. The molecule has 6 heteroatoms. The Morgan fingerprint density at radius 1 is 1.47 bits per heavy atom. The molecule has 17 heavy (non-hydrogen) atoms. The van der Waals surface area contributed by atoms with Gasteiger partial charge in [-0.3, -0.25) is 4.79 Å². The van der Waals surface area contributed by atoms with Crippen molar-refractivity contribution in [3.05, 3.63) is 17.3 Å². The highest BCUT2D eigenvalue weighted by atomic mass is 35.5. The van der Waals surface area contributed by atoms with Gasteiger partial charge < -0.3 is 9.64 Å². The number of carbonyl (C=O) groups is 1. The molecule has 0 aliphatic rings. The van der Waals surface area contributed by atoms with E-state index in [2.05, 4.69) is 10.2 Å². The number of hydrogen-bond acceptors (Lipinski definition) is 5. The molecule has 0 aromatic carbocycles. The molecule has 1 rings (SSSR count). The molecule has 0 saturated heterocycles. The predicted molar refractivity (Wildman–Crippen MR) is 66.2 cm³/mol. The zero-order chi connectivity index (χ0) is 12.8. The van der Waals surface area contributed by atoms with Gasteiger partial charge in [0.1, 0.15) is 6.54 Å². The number of halogens is 1. The lowest BCUT2D eigenvalue weighted by Gasteiger charge is -2.26. The van der Waals surface area contributed by atoms with Crippen molar-refractivity contribution in [2.45, 2.75) is 26.8 Å². The first kappa shape index (κ1) is 13.7. The molecule has 0 atom stereocenters. The number of ether oxygens (including phenoxy) is 1. The van der Waals surface area contributed by atoms with Crippen molar-refractivity contribution in [2.75, 3.05) is 18.1 Å². The van der Waals surface area contributed by atoms with Gasteiger partial charge >= 0.3 is 5.97 Å². The highest BCUT2D eigenvalue weighted by Crippen LogP contribution is 2.14. The maximum Gasteiger partial charge on any atom is 0.325 e. The zero-order valence-electron chi connectivity index (χ0n) is 10.2. The first-order valence-electron chi connectivity index (χ1n) is 5.46. The third-order valence-electron chi connectivity index (χ3n) is 2.14. The number of aromatic nitrogens is 2. The van der Waals surface area contributed by atoms with Crippen LogP contribution in [-0.4, -0.2) is 35.4 Å². The van der Waals surface area contributed by atoms with Gasteiger partial charge in [-0.05, 0) is 32.9 Å². The average Bonchev–Trinajstić information content (AvgIpc) is 2.27. The average molecular weight is 258 g/mol. The van der Waals surface area contributed by atoms with E-state index < -0.39 is 0 Å². The van der Waals surface area contributed by atoms with Crippen LogP contribution in [0.25, 0.3) is 0 Å². The molecule has 94 valence electrons. The number of esters is 1. The molecule has 1 aromatic rings. The Kier molecular flexibility index (Phi) is 5.15. The van der Waals surface area contributed by atoms with Crippen LogP contribution in [0.2, 0.25) is 5.15 Å². The van der Waals surface area contributed by atoms with Crippen LogP contribution >= 0.6 is 11.6 Å². The van der Waals surface area contributed by atoms with Crippen LogP contribution in [-0.2, 0) is 9.53 Å². The molecule has 1 aromatic heterocycles. The number of hydrogen-bond donors (Lipinski definition) is 0. The standard InChI is InChI=1S/C11H16ClN3O2/c1-4-17-11(16)7-15(8(2)3)10-6-5-9(12)13-14-10/h5-6,8H,4,7H2,1-3H3. The topological polar surface area (TPSA) is 55.3 Å². The summed E-state index contributed by atoms with van der Waals surface area (Å²) in [5, 5.41) is 8.03. The number of rotatable bonds is 5. The normalized spacial score (nSPS) is 10.4. The third-order valence-corrected chi connectivity index (χ3v) is 2.34. The van der Waals surface area contributed by atoms with Crippen LogP contribution < -0.4 is 4.90 Å². The van der Waals surface area contributed by atoms with Crippen LogP contribution in [0.5, 0.6) is 0 Å². The lowest BCUT2D eigenvalue weighted by molar-refractivity contribution is -0.141. The fourth-order valence-electron chi connectivity index (χ4n) is 1.34. The minimum absolute atomic E-state index is 0.120. The second-order valence-electron chi connectivity index (χ2n) is 3.74. The quantitative estimate of drug-likeness (QED) is 0.754. The summed E-state index contributed by atoms with van der Waals surface area (Å²) in [4.78, 5) is 13.3. The molecule has 0 spiro atoms. The monoisotopic (exact) mass is 257 g/mol. The number of anilines is 1. The lowest BCUT2D eigenvalue weighted by atomic mass is 10.3. The van der Waals surface area contributed by atoms with Crippen LogP contribution in [0.4, 0.5) is 5.82 Å². The van der Waals surface area contributed by atoms with Gasteiger partial charge in [0, 0.05) is 6.04 Å². The van der Waals surface area contributed by atoms with Crippen LogP contribution in [0, 0.1) is 0 Å². The van der Waals surface area contributed by atoms with Gasteiger partial charge in [-0.25, -0.2) is 0 Å². The van der Waals surface area contributed by atoms with Crippen molar-refractivity contribution in [3.8, 4) is 0 Å². The predicted octanol–water partition coefficient (Wildman–Crippen LogP) is 1.91. The summed E-state index contributed by atoms with van der Waals surface area (Å²) < 4.78 is 4.91. The molecule has 0 unspecified atom stereocenters. The van der Waals surface area contributed by atoms with Crippen molar-refractivity contribution < 1.29 is 9.53 Å². The van der Waals surface area contributed by atoms with Crippen molar-refractivity contribution >= 4 is 23.4 Å². The van der Waals surface area contributed by atoms with E-state index in [-0.39, 0.29) is 18.6 Å². The second kappa shape index (κ2) is 6.39. The van der Waals surface area contributed by atoms with Gasteiger partial charge in [0.2, 0.25) is 0 Å². The number of carbonyl (C=O) groups excluding carboxylic acids is 1. The Morgan fingerprint density at radius 3 is 2.65 bits per heavy atom. The van der Waals surface area contributed by atoms with E-state index in [1.165, 1.54) is 0 Å². The minimum atomic E-state index is -0.280. The van der Waals surface area contributed by atoms with E-state index in [0.29, 0.717) is 17.6 Å². The first-order chi connectivity index (χ1) is 8.04. The molecule has 0 radical (unpaired) electrons. The van der Waals surface area contributed by atoms with E-state index in [1.54, 1.807) is 24.0 Å². The molecular weight excluding hydrogens is 242 g/mol. The molecular formula is C11H16ClN3O2. The largest absolute Gasteiger partial charge is 0.465 e. The Labute approximate surface area is 106 Å². The van der Waals surface area contributed by atoms with E-state index in [9.17, 15) is 4.79 Å². The highest BCUT2D eigenvalue weighted by molar-refractivity contribution is 6.29. The van der Waals surface area contributed by atoms with E-state index >= 15 is 0 Å². The summed E-state index contributed by atoms with van der Waals surface area (Å²) in [6.45, 7) is 6.24. The van der Waals surface area contributed by atoms with Crippen molar-refractivity contribution in [1.29, 1.82) is 0 Å². The summed E-state index contributed by atoms with van der Waals surface area (Å²) in [5.41, 5.74) is 0. The smallest absolute Gasteiger partial charge is 0.325 e. The first-order valence-corrected chi connectivity index (χ1v) is 5.84. The Morgan fingerprint density at radius 2 is 2.18 bits per heavy atom. The fraction of sp³-hybridized carbons (Fsp3) is 0.545. The molecule has 0 aliphatic heterocycles. The minimum Gasteiger partial charge on any atom is -0.465 e. The third kappa shape index (κ3) is 4.19. The molecule has 0 N–H and O–H groups in total. The number of nitrogens with zero attached hydrogens (tertiary/aromatic N) is 3. The van der Waals surface area contributed by atoms with E-state index in [1.807, 2.05) is 13.8 Å². The van der Waals surface area contributed by atoms with Crippen LogP contribution in [0.1, 0.15) is 20.8 Å². The second-order valence-corrected chi connectivity index (χ2v) is 4.13. The van der Waals surface area contributed by atoms with Gasteiger partial charge in [-0.2, -0.15) is 0 Å². The maximum atomic E-state index is 11.5. The van der Waals surface area contributed by atoms with Gasteiger partial charge in [-0.15, -0.1) is 10.2 Å². The summed E-state index contributed by atoms with van der Waals surface area (Å²) in [6, 6.07) is 3.49. The van der Waals surface area contributed by atoms with E-state index in [0.717, 1.165) is 0 Å². The van der Waals surface area contributed by atoms with Crippen molar-refractivity contribution in [1.82, 2.24) is 10.2 Å². The van der Waals surface area contributed by atoms with Gasteiger partial charge in [0.05, 0.1) is 6.61 Å². The Hall–Kier alpha value is -1.36. The van der Waals surface area contributed by atoms with Crippen molar-refractivity contribution in [3.63, 3.8) is 0 Å². The van der Waals surface area contributed by atoms with Gasteiger partial charge in [0.25, 0.3) is 0 Å². The molecule has 0 saturated carbocycles. The van der Waals surface area contributed by atoms with Crippen LogP contribution in [0.15, 0.2) is 12.1 Å². The van der Waals surface area contributed by atoms with Crippen LogP contribution in [0.3, 0.4) is 0 Å². The zero-order valence-corrected chi connectivity index (χ0v) is 10.9. The molecule has 0 aliphatic carbocycles. The Balaban J connectivity index is 2.79. The summed E-state index contributed by atoms with van der Waals surface area (Å²) >= 11 is 5.67. The summed E-state index contributed by atoms with van der Waals surface area (Å²) in [7, 11) is 0. The van der Waals surface area contributed by atoms with E-state index in [4.69, 9.17) is 16.3 Å². The molecule has 1 heterocycles. The van der Waals surface area contributed by atoms with Gasteiger partial charge in [-0.1, -0.05) is 11.6 Å². The summed E-state index contributed by atoms with van der Waals surface area (Å²) in [5.74, 6) is 0.329. The maximum absolute atomic E-state index is 11.5. The van der Waals surface area contributed by atoms with Gasteiger partial charge in [0.15, 0.2) is 11.0 Å².